The molecule has 0 saturated heterocycles. The summed E-state index contributed by atoms with van der Waals surface area (Å²) in [6.45, 7) is 0.122. The van der Waals surface area contributed by atoms with Crippen LogP contribution in [-0.4, -0.2) is 18.6 Å². The molecule has 1 aliphatic heterocycles. The van der Waals surface area contributed by atoms with E-state index in [0.29, 0.717) is 17.9 Å². The molecule has 0 bridgehead atoms. The predicted octanol–water partition coefficient (Wildman–Crippen LogP) is 4.85. The van der Waals surface area contributed by atoms with Gasteiger partial charge in [0, 0.05) is 12.1 Å². The van der Waals surface area contributed by atoms with Gasteiger partial charge in [-0.3, -0.25) is 9.59 Å². The first-order chi connectivity index (χ1) is 15.3. The van der Waals surface area contributed by atoms with Crippen LogP contribution in [0.15, 0.2) is 59.2 Å². The van der Waals surface area contributed by atoms with Crippen molar-refractivity contribution in [3.05, 3.63) is 71.7 Å². The number of alkyl halides is 3. The van der Waals surface area contributed by atoms with E-state index in [1.165, 1.54) is 24.5 Å². The second kappa shape index (κ2) is 8.66. The number of ether oxygens (including phenoxy) is 2. The second-order valence-corrected chi connectivity index (χ2v) is 6.93. The van der Waals surface area contributed by atoms with Gasteiger partial charge in [0.05, 0.1) is 17.5 Å². The normalized spacial score (nSPS) is 12.5. The highest BCUT2D eigenvalue weighted by molar-refractivity contribution is 6.02. The van der Waals surface area contributed by atoms with Gasteiger partial charge in [0.25, 0.3) is 5.91 Å². The Bertz CT molecular complexity index is 1140. The van der Waals surface area contributed by atoms with E-state index in [1.54, 1.807) is 18.2 Å². The zero-order chi connectivity index (χ0) is 22.7. The molecular weight excluding hydrogens is 429 g/mol. The summed E-state index contributed by atoms with van der Waals surface area (Å²) in [7, 11) is 0. The van der Waals surface area contributed by atoms with Crippen molar-refractivity contribution >= 4 is 23.2 Å². The number of carbonyl (C=O) groups excluding carboxylic acids is 2. The number of anilines is 2. The highest BCUT2D eigenvalue weighted by Gasteiger charge is 2.34. The van der Waals surface area contributed by atoms with Gasteiger partial charge in [0.15, 0.2) is 17.3 Å². The Morgan fingerprint density at radius 2 is 1.78 bits per heavy atom. The first-order valence-electron chi connectivity index (χ1n) is 9.54. The lowest BCUT2D eigenvalue weighted by atomic mass is 10.1. The molecule has 4 rings (SSSR count). The lowest BCUT2D eigenvalue weighted by Crippen LogP contribution is -2.18. The van der Waals surface area contributed by atoms with Gasteiger partial charge in [-0.1, -0.05) is 6.07 Å². The molecule has 32 heavy (non-hydrogen) atoms. The molecule has 2 heterocycles. The number of furan rings is 1. The molecule has 3 aromatic rings. The van der Waals surface area contributed by atoms with E-state index in [-0.39, 0.29) is 24.7 Å². The van der Waals surface area contributed by atoms with Gasteiger partial charge < -0.3 is 24.5 Å². The van der Waals surface area contributed by atoms with Crippen molar-refractivity contribution in [2.75, 3.05) is 17.4 Å². The molecule has 0 fully saturated rings. The number of rotatable bonds is 6. The van der Waals surface area contributed by atoms with Crippen molar-refractivity contribution in [3.63, 3.8) is 0 Å². The van der Waals surface area contributed by atoms with Crippen LogP contribution in [0.1, 0.15) is 28.1 Å². The van der Waals surface area contributed by atoms with Gasteiger partial charge in [0.2, 0.25) is 12.7 Å². The number of carbonyl (C=O) groups is 2. The first-order valence-corrected chi connectivity index (χ1v) is 9.54. The van der Waals surface area contributed by atoms with Gasteiger partial charge in [-0.15, -0.1) is 0 Å². The number of fused-ring (bicyclic) bond motifs is 1. The van der Waals surface area contributed by atoms with E-state index < -0.39 is 29.2 Å². The lowest BCUT2D eigenvalue weighted by Gasteiger charge is -2.16. The monoisotopic (exact) mass is 446 g/mol. The fourth-order valence-electron chi connectivity index (χ4n) is 3.13. The summed E-state index contributed by atoms with van der Waals surface area (Å²) in [5, 5.41) is 4.64. The number of halogens is 3. The Kier molecular flexibility index (Phi) is 5.76. The van der Waals surface area contributed by atoms with Gasteiger partial charge >= 0.3 is 6.18 Å². The smallest absolute Gasteiger partial charge is 0.418 e. The highest BCUT2D eigenvalue weighted by atomic mass is 19.4. The van der Waals surface area contributed by atoms with E-state index in [0.717, 1.165) is 17.7 Å². The van der Waals surface area contributed by atoms with Crippen molar-refractivity contribution in [2.24, 2.45) is 0 Å². The predicted molar refractivity (Wildman–Crippen MR) is 108 cm³/mol. The van der Waals surface area contributed by atoms with Gasteiger partial charge in [-0.2, -0.15) is 13.2 Å². The van der Waals surface area contributed by atoms with Crippen LogP contribution in [0.3, 0.4) is 0 Å². The maximum atomic E-state index is 13.6. The second-order valence-electron chi connectivity index (χ2n) is 6.93. The molecule has 0 radical (unpaired) electrons. The van der Waals surface area contributed by atoms with Crippen molar-refractivity contribution < 1.29 is 36.7 Å². The van der Waals surface area contributed by atoms with E-state index in [9.17, 15) is 22.8 Å². The molecule has 2 N–H and O–H groups in total. The Balaban J connectivity index is 1.43. The fraction of sp³-hybridized carbons (Fsp3) is 0.182. The van der Waals surface area contributed by atoms with Crippen LogP contribution in [-0.2, 0) is 17.4 Å². The van der Waals surface area contributed by atoms with Crippen LogP contribution in [0, 0.1) is 0 Å². The lowest BCUT2D eigenvalue weighted by molar-refractivity contribution is -0.136. The number of nitrogens with one attached hydrogen (secondary N) is 2. The van der Waals surface area contributed by atoms with E-state index in [4.69, 9.17) is 13.9 Å². The molecule has 1 aliphatic rings. The Morgan fingerprint density at radius 3 is 2.53 bits per heavy atom. The molecule has 1 aromatic heterocycles. The summed E-state index contributed by atoms with van der Waals surface area (Å²) < 4.78 is 56.1. The third-order valence-corrected chi connectivity index (χ3v) is 4.68. The van der Waals surface area contributed by atoms with Crippen molar-refractivity contribution in [1.82, 2.24) is 0 Å². The molecular formula is C22H17F3N2O5. The summed E-state index contributed by atoms with van der Waals surface area (Å²) in [6.07, 6.45) is -3.20. The third-order valence-electron chi connectivity index (χ3n) is 4.68. The fourth-order valence-corrected chi connectivity index (χ4v) is 3.13. The zero-order valence-electron chi connectivity index (χ0n) is 16.5. The molecule has 0 aliphatic carbocycles. The van der Waals surface area contributed by atoms with Crippen molar-refractivity contribution in [2.45, 2.75) is 19.0 Å². The minimum atomic E-state index is -4.74. The van der Waals surface area contributed by atoms with E-state index >= 15 is 0 Å². The summed E-state index contributed by atoms with van der Waals surface area (Å²) in [5.41, 5.74) is -0.774. The zero-order valence-corrected chi connectivity index (χ0v) is 16.5. The summed E-state index contributed by atoms with van der Waals surface area (Å²) in [6, 6.07) is 11.2. The molecule has 166 valence electrons. The number of hydrogen-bond acceptors (Lipinski definition) is 5. The number of hydrogen-bond donors (Lipinski definition) is 2. The van der Waals surface area contributed by atoms with Gasteiger partial charge in [-0.05, 0) is 54.4 Å². The topological polar surface area (TPSA) is 89.8 Å². The molecule has 2 amide bonds. The Hall–Kier alpha value is -3.95. The summed E-state index contributed by atoms with van der Waals surface area (Å²) >= 11 is 0. The maximum absolute atomic E-state index is 13.6. The molecule has 0 atom stereocenters. The Morgan fingerprint density at radius 1 is 0.969 bits per heavy atom. The van der Waals surface area contributed by atoms with Crippen LogP contribution in [0.5, 0.6) is 11.5 Å². The molecule has 10 heteroatoms. The largest absolute Gasteiger partial charge is 0.459 e. The van der Waals surface area contributed by atoms with E-state index in [1.807, 2.05) is 0 Å². The highest BCUT2D eigenvalue weighted by Crippen LogP contribution is 2.37. The first kappa shape index (κ1) is 21.3. The number of aryl methyl sites for hydroxylation is 1. The van der Waals surface area contributed by atoms with E-state index in [2.05, 4.69) is 10.6 Å². The standard InChI is InChI=1S/C22H17F3N2O5/c23-22(24,25)15-11-14(26-21(29)18-2-1-9-30-18)5-6-16(15)27-20(28)8-4-13-3-7-17-19(10-13)32-12-31-17/h1-3,5-7,9-11H,4,8,12H2,(H,26,29)(H,27,28). The average molecular weight is 446 g/mol. The van der Waals surface area contributed by atoms with Crippen LogP contribution in [0.2, 0.25) is 0 Å². The minimum Gasteiger partial charge on any atom is -0.459 e. The average Bonchev–Trinajstić information content (AvgIpc) is 3.44. The minimum absolute atomic E-state index is 0.0338. The molecule has 0 unspecified atom stereocenters. The van der Waals surface area contributed by atoms with Gasteiger partial charge in [0.1, 0.15) is 0 Å². The molecule has 7 nitrogen and oxygen atoms in total. The number of benzene rings is 2. The van der Waals surface area contributed by atoms with Crippen LogP contribution >= 0.6 is 0 Å². The molecule has 0 spiro atoms. The summed E-state index contributed by atoms with van der Waals surface area (Å²) in [5.74, 6) is -0.148. The SMILES string of the molecule is O=C(CCc1ccc2c(c1)OCO2)Nc1ccc(NC(=O)c2ccco2)cc1C(F)(F)F. The van der Waals surface area contributed by atoms with Crippen LogP contribution in [0.4, 0.5) is 24.5 Å². The Labute approximate surface area is 180 Å². The molecule has 2 aromatic carbocycles. The quantitative estimate of drug-likeness (QED) is 0.565. The third kappa shape index (κ3) is 4.85. The van der Waals surface area contributed by atoms with Crippen molar-refractivity contribution in [1.29, 1.82) is 0 Å². The molecule has 0 saturated carbocycles. The summed E-state index contributed by atoms with van der Waals surface area (Å²) in [4.78, 5) is 24.3. The number of amides is 2. The van der Waals surface area contributed by atoms with Gasteiger partial charge in [-0.25, -0.2) is 0 Å². The van der Waals surface area contributed by atoms with Crippen molar-refractivity contribution in [3.8, 4) is 11.5 Å². The van der Waals surface area contributed by atoms with Crippen LogP contribution in [0.25, 0.3) is 0 Å². The van der Waals surface area contributed by atoms with Crippen LogP contribution < -0.4 is 20.1 Å². The maximum Gasteiger partial charge on any atom is 0.418 e.